The summed E-state index contributed by atoms with van der Waals surface area (Å²) < 4.78 is 15.8. The standard InChI is InChI=1S/C29H27NO7/c1-16-12-17(2)14-20(13-16)30-26(19-6-8-21(9-7-19)37-18(3)31)25(28(33)29(30)34)27(32)23-11-10-22(35-4)15-24(23)36-5/h6-15,26,32H,1-5H3/b27-25-. The van der Waals surface area contributed by atoms with Crippen molar-refractivity contribution < 1.29 is 33.7 Å². The first kappa shape index (κ1) is 25.5. The van der Waals surface area contributed by atoms with Gasteiger partial charge in [0.05, 0.1) is 31.4 Å². The van der Waals surface area contributed by atoms with Gasteiger partial charge in [-0.2, -0.15) is 0 Å². The van der Waals surface area contributed by atoms with Gasteiger partial charge in [-0.3, -0.25) is 19.3 Å². The molecule has 8 heteroatoms. The van der Waals surface area contributed by atoms with Gasteiger partial charge < -0.3 is 19.3 Å². The maximum atomic E-state index is 13.4. The molecule has 1 amide bonds. The molecule has 1 unspecified atom stereocenters. The Morgan fingerprint density at radius 3 is 2.05 bits per heavy atom. The molecule has 1 atom stereocenters. The van der Waals surface area contributed by atoms with Crippen molar-refractivity contribution in [2.75, 3.05) is 19.1 Å². The van der Waals surface area contributed by atoms with Gasteiger partial charge in [0.1, 0.15) is 23.0 Å². The van der Waals surface area contributed by atoms with Crippen molar-refractivity contribution in [3.8, 4) is 17.2 Å². The average molecular weight is 502 g/mol. The zero-order valence-electron chi connectivity index (χ0n) is 21.2. The van der Waals surface area contributed by atoms with Crippen LogP contribution in [0.4, 0.5) is 5.69 Å². The Labute approximate surface area is 214 Å². The number of esters is 1. The number of rotatable bonds is 6. The van der Waals surface area contributed by atoms with E-state index in [1.54, 1.807) is 42.5 Å². The number of amides is 1. The Hall–Kier alpha value is -4.59. The van der Waals surface area contributed by atoms with Crippen molar-refractivity contribution >= 4 is 29.1 Å². The fourth-order valence-corrected chi connectivity index (χ4v) is 4.53. The maximum Gasteiger partial charge on any atom is 0.308 e. The van der Waals surface area contributed by atoms with Crippen LogP contribution in [0.15, 0.2) is 66.2 Å². The number of aryl methyl sites for hydroxylation is 2. The number of ketones is 1. The normalized spacial score (nSPS) is 16.6. The highest BCUT2D eigenvalue weighted by Crippen LogP contribution is 2.44. The number of Topliss-reactive ketones (excluding diaryl/α,β-unsaturated/α-hetero) is 1. The highest BCUT2D eigenvalue weighted by atomic mass is 16.5. The summed E-state index contributed by atoms with van der Waals surface area (Å²) in [5.41, 5.74) is 3.05. The minimum Gasteiger partial charge on any atom is -0.507 e. The smallest absolute Gasteiger partial charge is 0.308 e. The number of benzene rings is 3. The van der Waals surface area contributed by atoms with E-state index in [0.717, 1.165) is 11.1 Å². The molecule has 1 saturated heterocycles. The SMILES string of the molecule is COc1ccc(/C(O)=C2/C(=O)C(=O)N(c3cc(C)cc(C)c3)C2c2ccc(OC(C)=O)cc2)c(OC)c1. The minimum absolute atomic E-state index is 0.0899. The molecular formula is C29H27NO7. The van der Waals surface area contributed by atoms with E-state index >= 15 is 0 Å². The lowest BCUT2D eigenvalue weighted by Crippen LogP contribution is -2.29. The van der Waals surface area contributed by atoms with Crippen molar-refractivity contribution in [2.45, 2.75) is 26.8 Å². The van der Waals surface area contributed by atoms with E-state index in [9.17, 15) is 19.5 Å². The van der Waals surface area contributed by atoms with Crippen LogP contribution < -0.4 is 19.1 Å². The van der Waals surface area contributed by atoms with Crippen LogP contribution in [0.5, 0.6) is 17.2 Å². The summed E-state index contributed by atoms with van der Waals surface area (Å²) in [5.74, 6) is -1.35. The highest BCUT2D eigenvalue weighted by Gasteiger charge is 2.47. The number of aliphatic hydroxyl groups excluding tert-OH is 1. The average Bonchev–Trinajstić information content (AvgIpc) is 3.13. The van der Waals surface area contributed by atoms with E-state index in [-0.39, 0.29) is 22.6 Å². The van der Waals surface area contributed by atoms with Crippen LogP contribution in [0.25, 0.3) is 5.76 Å². The molecule has 3 aromatic rings. The Morgan fingerprint density at radius 2 is 1.49 bits per heavy atom. The summed E-state index contributed by atoms with van der Waals surface area (Å²) in [4.78, 5) is 39.6. The van der Waals surface area contributed by atoms with Crippen LogP contribution in [-0.2, 0) is 14.4 Å². The first-order valence-electron chi connectivity index (χ1n) is 11.5. The van der Waals surface area contributed by atoms with E-state index in [1.165, 1.54) is 26.0 Å². The molecular weight excluding hydrogens is 474 g/mol. The summed E-state index contributed by atoms with van der Waals surface area (Å²) >= 11 is 0. The molecule has 0 spiro atoms. The van der Waals surface area contributed by atoms with Gasteiger partial charge >= 0.3 is 5.97 Å². The van der Waals surface area contributed by atoms with E-state index < -0.39 is 23.7 Å². The molecule has 0 aliphatic carbocycles. The van der Waals surface area contributed by atoms with Gasteiger partial charge in [0, 0.05) is 18.7 Å². The zero-order valence-corrected chi connectivity index (χ0v) is 21.2. The van der Waals surface area contributed by atoms with Crippen molar-refractivity contribution in [1.82, 2.24) is 0 Å². The van der Waals surface area contributed by atoms with Crippen LogP contribution in [0.2, 0.25) is 0 Å². The number of nitrogens with zero attached hydrogens (tertiary/aromatic N) is 1. The quantitative estimate of drug-likeness (QED) is 0.169. The van der Waals surface area contributed by atoms with Crippen molar-refractivity contribution in [3.05, 3.63) is 88.5 Å². The van der Waals surface area contributed by atoms with Gasteiger partial charge in [0.15, 0.2) is 0 Å². The first-order valence-corrected chi connectivity index (χ1v) is 11.5. The number of carbonyl (C=O) groups excluding carboxylic acids is 3. The third kappa shape index (κ3) is 4.91. The van der Waals surface area contributed by atoms with Crippen LogP contribution >= 0.6 is 0 Å². The molecule has 8 nitrogen and oxygen atoms in total. The topological polar surface area (TPSA) is 102 Å². The molecule has 1 heterocycles. The third-order valence-electron chi connectivity index (χ3n) is 6.05. The summed E-state index contributed by atoms with van der Waals surface area (Å²) in [6.07, 6.45) is 0. The summed E-state index contributed by atoms with van der Waals surface area (Å²) in [5, 5.41) is 11.5. The highest BCUT2D eigenvalue weighted by molar-refractivity contribution is 6.51. The molecule has 4 rings (SSSR count). The first-order chi connectivity index (χ1) is 17.6. The third-order valence-corrected chi connectivity index (χ3v) is 6.05. The summed E-state index contributed by atoms with van der Waals surface area (Å²) in [7, 11) is 2.94. The lowest BCUT2D eigenvalue weighted by Gasteiger charge is -2.26. The molecule has 0 radical (unpaired) electrons. The summed E-state index contributed by atoms with van der Waals surface area (Å²) in [6.45, 7) is 5.10. The van der Waals surface area contributed by atoms with E-state index in [1.807, 2.05) is 32.0 Å². The molecule has 190 valence electrons. The number of carbonyl (C=O) groups is 3. The van der Waals surface area contributed by atoms with Crippen molar-refractivity contribution in [3.63, 3.8) is 0 Å². The Bertz CT molecular complexity index is 1400. The summed E-state index contributed by atoms with van der Waals surface area (Å²) in [6, 6.07) is 15.9. The second kappa shape index (κ2) is 10.2. The van der Waals surface area contributed by atoms with Crippen LogP contribution in [0.1, 0.15) is 35.2 Å². The lowest BCUT2D eigenvalue weighted by atomic mass is 9.94. The van der Waals surface area contributed by atoms with Crippen molar-refractivity contribution in [2.24, 2.45) is 0 Å². The number of ether oxygens (including phenoxy) is 3. The molecule has 1 aliphatic rings. The fraction of sp³-hybridized carbons (Fsp3) is 0.207. The minimum atomic E-state index is -0.945. The molecule has 37 heavy (non-hydrogen) atoms. The van der Waals surface area contributed by atoms with Gasteiger partial charge in [-0.05, 0) is 66.9 Å². The molecule has 1 fully saturated rings. The molecule has 0 saturated carbocycles. The van der Waals surface area contributed by atoms with Gasteiger partial charge in [0.25, 0.3) is 11.7 Å². The number of hydrogen-bond acceptors (Lipinski definition) is 7. The predicted octanol–water partition coefficient (Wildman–Crippen LogP) is 4.87. The van der Waals surface area contributed by atoms with Gasteiger partial charge in [-0.25, -0.2) is 0 Å². The van der Waals surface area contributed by atoms with E-state index in [4.69, 9.17) is 14.2 Å². The molecule has 0 aromatic heterocycles. The number of hydrogen-bond donors (Lipinski definition) is 1. The Balaban J connectivity index is 1.95. The van der Waals surface area contributed by atoms with Crippen LogP contribution in [0.3, 0.4) is 0 Å². The second-order valence-corrected chi connectivity index (χ2v) is 8.74. The molecule has 1 aliphatic heterocycles. The largest absolute Gasteiger partial charge is 0.507 e. The molecule has 0 bridgehead atoms. The van der Waals surface area contributed by atoms with E-state index in [2.05, 4.69) is 0 Å². The zero-order chi connectivity index (χ0) is 26.9. The Kier molecular flexibility index (Phi) is 7.02. The number of aliphatic hydroxyl groups is 1. The van der Waals surface area contributed by atoms with Gasteiger partial charge in [0.2, 0.25) is 0 Å². The Morgan fingerprint density at radius 1 is 0.865 bits per heavy atom. The second-order valence-electron chi connectivity index (χ2n) is 8.74. The fourth-order valence-electron chi connectivity index (χ4n) is 4.53. The lowest BCUT2D eigenvalue weighted by molar-refractivity contribution is -0.132. The number of anilines is 1. The number of methoxy groups -OCH3 is 2. The molecule has 1 N–H and O–H groups in total. The van der Waals surface area contributed by atoms with Gasteiger partial charge in [-0.1, -0.05) is 18.2 Å². The monoisotopic (exact) mass is 501 g/mol. The van der Waals surface area contributed by atoms with Crippen LogP contribution in [-0.4, -0.2) is 37.0 Å². The molecule has 3 aromatic carbocycles. The maximum absolute atomic E-state index is 13.4. The van der Waals surface area contributed by atoms with E-state index in [0.29, 0.717) is 22.7 Å². The van der Waals surface area contributed by atoms with Gasteiger partial charge in [-0.15, -0.1) is 0 Å². The van der Waals surface area contributed by atoms with Crippen LogP contribution in [0, 0.1) is 13.8 Å². The van der Waals surface area contributed by atoms with Crippen molar-refractivity contribution in [1.29, 1.82) is 0 Å². The predicted molar refractivity (Wildman–Crippen MR) is 138 cm³/mol.